The molecule has 184 valence electrons. The first-order valence-corrected chi connectivity index (χ1v) is 10.6. The second-order valence-corrected chi connectivity index (χ2v) is 8.84. The van der Waals surface area contributed by atoms with Crippen LogP contribution in [-0.2, 0) is 20.7 Å². The minimum Gasteiger partial charge on any atom is -0.508 e. The molecule has 0 fully saturated rings. The third kappa shape index (κ3) is 10.1. The number of benzene rings is 1. The van der Waals surface area contributed by atoms with Crippen LogP contribution in [0.15, 0.2) is 12.1 Å². The lowest BCUT2D eigenvalue weighted by atomic mass is 9.95. The van der Waals surface area contributed by atoms with E-state index in [0.717, 1.165) is 0 Å². The predicted octanol–water partition coefficient (Wildman–Crippen LogP) is 1.28. The van der Waals surface area contributed by atoms with Crippen molar-refractivity contribution in [2.24, 2.45) is 5.73 Å². The standard InChI is InChI=1S/C22H35N5O6/c1-12-9-14(28)10-13(2)15(12)11-17(19(30)31)26-18(29)16(7-6-8-25-20(23)24)27-21(32)33-22(3,4)5/h9-10,16-17,28H,6-8,11H2,1-5H3,(H,26,29)(H,27,32)(H,30,31)(H4,23,24,25)/t16-,17?/m1/s1. The zero-order valence-corrected chi connectivity index (χ0v) is 19.7. The molecule has 0 bridgehead atoms. The number of nitrogens with two attached hydrogens (primary N) is 1. The number of rotatable bonds is 10. The van der Waals surface area contributed by atoms with E-state index in [0.29, 0.717) is 29.7 Å². The molecule has 33 heavy (non-hydrogen) atoms. The Morgan fingerprint density at radius 2 is 1.70 bits per heavy atom. The van der Waals surface area contributed by atoms with E-state index >= 15 is 0 Å². The lowest BCUT2D eigenvalue weighted by molar-refractivity contribution is -0.142. The molecule has 0 saturated heterocycles. The fraction of sp³-hybridized carbons (Fsp3) is 0.545. The van der Waals surface area contributed by atoms with Crippen molar-refractivity contribution >= 4 is 23.9 Å². The molecule has 1 unspecified atom stereocenters. The van der Waals surface area contributed by atoms with E-state index < -0.39 is 35.7 Å². The van der Waals surface area contributed by atoms with E-state index in [9.17, 15) is 24.6 Å². The smallest absolute Gasteiger partial charge is 0.408 e. The number of nitrogens with one attached hydrogen (secondary N) is 4. The van der Waals surface area contributed by atoms with Gasteiger partial charge in [0.25, 0.3) is 0 Å². The number of hydrogen-bond acceptors (Lipinski definition) is 6. The van der Waals surface area contributed by atoms with Gasteiger partial charge in [-0.25, -0.2) is 9.59 Å². The molecule has 2 amide bonds. The Labute approximate surface area is 193 Å². The Kier molecular flexibility index (Phi) is 9.96. The molecular weight excluding hydrogens is 430 g/mol. The summed E-state index contributed by atoms with van der Waals surface area (Å²) in [6, 6.07) is 0.741. The highest BCUT2D eigenvalue weighted by atomic mass is 16.6. The van der Waals surface area contributed by atoms with Gasteiger partial charge in [-0.2, -0.15) is 0 Å². The SMILES string of the molecule is Cc1cc(O)cc(C)c1CC(NC(=O)[C@@H](CCCNC(=N)N)NC(=O)OC(C)(C)C)C(=O)O. The van der Waals surface area contributed by atoms with Gasteiger partial charge < -0.3 is 36.6 Å². The normalized spacial score (nSPS) is 12.9. The van der Waals surface area contributed by atoms with Crippen LogP contribution in [-0.4, -0.2) is 58.4 Å². The van der Waals surface area contributed by atoms with Gasteiger partial charge in [0.1, 0.15) is 23.4 Å². The molecule has 0 aliphatic rings. The maximum Gasteiger partial charge on any atom is 0.408 e. The summed E-state index contributed by atoms with van der Waals surface area (Å²) < 4.78 is 5.21. The van der Waals surface area contributed by atoms with Crippen LogP contribution >= 0.6 is 0 Å². The van der Waals surface area contributed by atoms with Gasteiger partial charge in [-0.15, -0.1) is 0 Å². The van der Waals surface area contributed by atoms with Crippen molar-refractivity contribution in [3.8, 4) is 5.75 Å². The number of carboxylic acid groups (broad SMARTS) is 1. The number of amides is 2. The van der Waals surface area contributed by atoms with Gasteiger partial charge >= 0.3 is 12.1 Å². The number of aliphatic carboxylic acids is 1. The highest BCUT2D eigenvalue weighted by Crippen LogP contribution is 2.22. The molecule has 0 aliphatic heterocycles. The zero-order chi connectivity index (χ0) is 25.3. The van der Waals surface area contributed by atoms with Gasteiger partial charge in [-0.1, -0.05) is 0 Å². The quantitative estimate of drug-likeness (QED) is 0.153. The van der Waals surface area contributed by atoms with Crippen LogP contribution in [0.5, 0.6) is 5.75 Å². The summed E-state index contributed by atoms with van der Waals surface area (Å²) in [6.45, 7) is 8.84. The van der Waals surface area contributed by atoms with Gasteiger partial charge in [0, 0.05) is 13.0 Å². The van der Waals surface area contributed by atoms with Gasteiger partial charge in [-0.05, 0) is 76.3 Å². The molecule has 0 saturated carbocycles. The van der Waals surface area contributed by atoms with Crippen molar-refractivity contribution in [1.82, 2.24) is 16.0 Å². The summed E-state index contributed by atoms with van der Waals surface area (Å²) in [5, 5.41) is 34.2. The van der Waals surface area contributed by atoms with Crippen LogP contribution < -0.4 is 21.7 Å². The van der Waals surface area contributed by atoms with Crippen molar-refractivity contribution in [3.63, 3.8) is 0 Å². The van der Waals surface area contributed by atoms with E-state index in [1.807, 2.05) is 0 Å². The number of phenolic OH excluding ortho intramolecular Hbond substituents is 1. The highest BCUT2D eigenvalue weighted by Gasteiger charge is 2.29. The van der Waals surface area contributed by atoms with E-state index in [2.05, 4.69) is 16.0 Å². The number of ether oxygens (including phenoxy) is 1. The highest BCUT2D eigenvalue weighted by molar-refractivity contribution is 5.89. The van der Waals surface area contributed by atoms with E-state index in [4.69, 9.17) is 15.9 Å². The first kappa shape index (κ1) is 27.5. The summed E-state index contributed by atoms with van der Waals surface area (Å²) in [4.78, 5) is 37.0. The molecule has 0 aromatic heterocycles. The van der Waals surface area contributed by atoms with Gasteiger partial charge in [-0.3, -0.25) is 10.2 Å². The minimum atomic E-state index is -1.25. The lowest BCUT2D eigenvalue weighted by Gasteiger charge is -2.25. The monoisotopic (exact) mass is 465 g/mol. The van der Waals surface area contributed by atoms with Crippen molar-refractivity contribution in [2.75, 3.05) is 6.54 Å². The molecule has 1 aromatic rings. The molecule has 11 heteroatoms. The topological polar surface area (TPSA) is 187 Å². The first-order chi connectivity index (χ1) is 15.2. The number of aryl methyl sites for hydroxylation is 2. The molecule has 2 atom stereocenters. The number of carbonyl (C=O) groups is 3. The number of phenols is 1. The van der Waals surface area contributed by atoms with Crippen LogP contribution in [0.25, 0.3) is 0 Å². The Hall–Kier alpha value is -3.50. The van der Waals surface area contributed by atoms with Crippen LogP contribution in [0.4, 0.5) is 4.79 Å². The molecule has 0 spiro atoms. The van der Waals surface area contributed by atoms with Crippen LogP contribution in [0.1, 0.15) is 50.3 Å². The fourth-order valence-electron chi connectivity index (χ4n) is 3.22. The second-order valence-electron chi connectivity index (χ2n) is 8.84. The summed E-state index contributed by atoms with van der Waals surface area (Å²) >= 11 is 0. The predicted molar refractivity (Wildman–Crippen MR) is 123 cm³/mol. The Morgan fingerprint density at radius 3 is 2.18 bits per heavy atom. The van der Waals surface area contributed by atoms with Crippen molar-refractivity contribution in [1.29, 1.82) is 5.41 Å². The van der Waals surface area contributed by atoms with Crippen LogP contribution in [0.3, 0.4) is 0 Å². The van der Waals surface area contributed by atoms with E-state index in [1.54, 1.807) is 34.6 Å². The van der Waals surface area contributed by atoms with Crippen molar-refractivity contribution in [2.45, 2.75) is 71.6 Å². The third-order valence-corrected chi connectivity index (χ3v) is 4.70. The summed E-state index contributed by atoms with van der Waals surface area (Å²) in [6.07, 6.45) is -0.264. The largest absolute Gasteiger partial charge is 0.508 e. The summed E-state index contributed by atoms with van der Waals surface area (Å²) in [7, 11) is 0. The summed E-state index contributed by atoms with van der Waals surface area (Å²) in [5.41, 5.74) is 6.57. The molecule has 1 rings (SSSR count). The number of alkyl carbamates (subject to hydrolysis) is 1. The Bertz CT molecular complexity index is 858. The fourth-order valence-corrected chi connectivity index (χ4v) is 3.22. The van der Waals surface area contributed by atoms with Gasteiger partial charge in [0.05, 0.1) is 0 Å². The van der Waals surface area contributed by atoms with E-state index in [-0.39, 0.29) is 24.6 Å². The van der Waals surface area contributed by atoms with Gasteiger partial charge in [0.15, 0.2) is 5.96 Å². The molecule has 0 aliphatic carbocycles. The lowest BCUT2D eigenvalue weighted by Crippen LogP contribution is -2.53. The molecule has 1 aromatic carbocycles. The zero-order valence-electron chi connectivity index (χ0n) is 19.7. The van der Waals surface area contributed by atoms with Gasteiger partial charge in [0.2, 0.25) is 5.91 Å². The number of carboxylic acids is 1. The first-order valence-electron chi connectivity index (χ1n) is 10.6. The van der Waals surface area contributed by atoms with Crippen LogP contribution in [0.2, 0.25) is 0 Å². The maximum absolute atomic E-state index is 12.9. The number of aromatic hydroxyl groups is 1. The summed E-state index contributed by atoms with van der Waals surface area (Å²) in [5.74, 6) is -2.05. The molecule has 11 nitrogen and oxygen atoms in total. The minimum absolute atomic E-state index is 0.00404. The molecular formula is C22H35N5O6. The molecule has 8 N–H and O–H groups in total. The van der Waals surface area contributed by atoms with Crippen molar-refractivity contribution < 1.29 is 29.3 Å². The van der Waals surface area contributed by atoms with E-state index in [1.165, 1.54) is 12.1 Å². The average Bonchev–Trinajstić information content (AvgIpc) is 2.63. The number of carbonyl (C=O) groups excluding carboxylic acids is 2. The average molecular weight is 466 g/mol. The van der Waals surface area contributed by atoms with Crippen molar-refractivity contribution in [3.05, 3.63) is 28.8 Å². The number of hydrogen-bond donors (Lipinski definition) is 7. The van der Waals surface area contributed by atoms with Crippen LogP contribution in [0, 0.1) is 19.3 Å². The Balaban J connectivity index is 2.98. The maximum atomic E-state index is 12.9. The Morgan fingerprint density at radius 1 is 1.12 bits per heavy atom. The molecule has 0 heterocycles. The third-order valence-electron chi connectivity index (χ3n) is 4.70. The molecule has 0 radical (unpaired) electrons. The number of guanidine groups is 1. The second kappa shape index (κ2) is 11.9.